The minimum Gasteiger partial charge on any atom is -0.419 e. The molecule has 2 aromatic heterocycles. The number of hydrogen-bond donors (Lipinski definition) is 0. The van der Waals surface area contributed by atoms with Crippen LogP contribution in [-0.2, 0) is 6.54 Å². The summed E-state index contributed by atoms with van der Waals surface area (Å²) >= 11 is 1.90. The number of hydrogen-bond acceptors (Lipinski definition) is 7. The molecule has 0 unspecified atom stereocenters. The van der Waals surface area contributed by atoms with Gasteiger partial charge in [0.1, 0.15) is 17.0 Å². The van der Waals surface area contributed by atoms with Crippen molar-refractivity contribution in [2.75, 3.05) is 17.2 Å². The zero-order valence-corrected chi connectivity index (χ0v) is 16.9. The largest absolute Gasteiger partial charge is 0.419 e. The lowest BCUT2D eigenvalue weighted by atomic mass is 10.1. The molecule has 0 aliphatic carbocycles. The molecule has 0 atom stereocenters. The van der Waals surface area contributed by atoms with Crippen LogP contribution in [0.4, 0.5) is 5.69 Å². The number of nitrogens with zero attached hydrogens (tertiary/aromatic N) is 4. The van der Waals surface area contributed by atoms with Crippen molar-refractivity contribution in [3.05, 3.63) is 66.2 Å². The predicted molar refractivity (Wildman–Crippen MR) is 113 cm³/mol. The molecule has 2 aromatic carbocycles. The Balaban J connectivity index is 1.45. The number of para-hydroxylation sites is 1. The second-order valence-electron chi connectivity index (χ2n) is 6.92. The van der Waals surface area contributed by atoms with Crippen molar-refractivity contribution < 1.29 is 8.94 Å². The van der Waals surface area contributed by atoms with Crippen LogP contribution in [0.1, 0.15) is 18.1 Å². The van der Waals surface area contributed by atoms with Crippen LogP contribution in [0.15, 0.2) is 68.4 Å². The van der Waals surface area contributed by atoms with E-state index in [1.54, 1.807) is 0 Å². The van der Waals surface area contributed by atoms with Crippen LogP contribution in [0.25, 0.3) is 22.7 Å². The lowest BCUT2D eigenvalue weighted by Crippen LogP contribution is -2.23. The summed E-state index contributed by atoms with van der Waals surface area (Å²) in [4.78, 5) is 3.61. The fraction of sp³-hybridized carbons (Fsp3) is 0.227. The lowest BCUT2D eigenvalue weighted by Gasteiger charge is -2.22. The maximum absolute atomic E-state index is 6.06. The Morgan fingerprint density at radius 1 is 1.03 bits per heavy atom. The Morgan fingerprint density at radius 3 is 2.76 bits per heavy atom. The van der Waals surface area contributed by atoms with Crippen molar-refractivity contribution in [2.45, 2.75) is 24.8 Å². The molecule has 0 spiro atoms. The maximum Gasteiger partial charge on any atom is 0.253 e. The van der Waals surface area contributed by atoms with Crippen LogP contribution in [0.5, 0.6) is 0 Å². The summed E-state index contributed by atoms with van der Waals surface area (Å²) in [7, 11) is 0. The quantitative estimate of drug-likeness (QED) is 0.463. The molecule has 0 N–H and O–H groups in total. The molecule has 7 heteroatoms. The van der Waals surface area contributed by atoms with E-state index < -0.39 is 0 Å². The smallest absolute Gasteiger partial charge is 0.253 e. The van der Waals surface area contributed by atoms with Crippen molar-refractivity contribution in [2.24, 2.45) is 0 Å². The van der Waals surface area contributed by atoms with Crippen LogP contribution < -0.4 is 4.90 Å². The summed E-state index contributed by atoms with van der Waals surface area (Å²) in [6, 6.07) is 18.4. The number of fused-ring (bicyclic) bond motifs is 1. The number of thioether (sulfide) groups is 1. The van der Waals surface area contributed by atoms with Gasteiger partial charge in [-0.25, -0.2) is 0 Å². The first kappa shape index (κ1) is 18.0. The molecule has 29 heavy (non-hydrogen) atoms. The van der Waals surface area contributed by atoms with E-state index in [1.165, 1.54) is 10.6 Å². The second-order valence-corrected chi connectivity index (χ2v) is 8.06. The number of aryl methyl sites for hydroxylation is 1. The summed E-state index contributed by atoms with van der Waals surface area (Å²) in [5.41, 5.74) is 3.65. The number of rotatable bonds is 4. The first-order valence-corrected chi connectivity index (χ1v) is 10.6. The molecule has 0 radical (unpaired) electrons. The molecule has 0 saturated carbocycles. The fourth-order valence-electron chi connectivity index (χ4n) is 3.56. The lowest BCUT2D eigenvalue weighted by molar-refractivity contribution is 0.399. The first-order valence-electron chi connectivity index (χ1n) is 9.61. The molecule has 4 aromatic rings. The van der Waals surface area contributed by atoms with Crippen LogP contribution in [-0.4, -0.2) is 27.7 Å². The van der Waals surface area contributed by atoms with Gasteiger partial charge < -0.3 is 13.8 Å². The average Bonchev–Trinajstić information content (AvgIpc) is 3.31. The third kappa shape index (κ3) is 3.53. The molecule has 0 bridgehead atoms. The summed E-state index contributed by atoms with van der Waals surface area (Å²) in [6.45, 7) is 3.40. The van der Waals surface area contributed by atoms with Crippen molar-refractivity contribution in [3.8, 4) is 22.7 Å². The SMILES string of the molecule is Cc1onc(-c2ccccc2)c1-c1nnc(CN2CCCSc3ccccc32)o1. The Morgan fingerprint density at radius 2 is 1.86 bits per heavy atom. The first-order chi connectivity index (χ1) is 14.3. The van der Waals surface area contributed by atoms with Crippen LogP contribution in [0, 0.1) is 6.92 Å². The fourth-order valence-corrected chi connectivity index (χ4v) is 4.57. The predicted octanol–water partition coefficient (Wildman–Crippen LogP) is 5.20. The van der Waals surface area contributed by atoms with Gasteiger partial charge in [-0.2, -0.15) is 0 Å². The van der Waals surface area contributed by atoms with E-state index in [1.807, 2.05) is 49.0 Å². The van der Waals surface area contributed by atoms with E-state index >= 15 is 0 Å². The van der Waals surface area contributed by atoms with Crippen molar-refractivity contribution in [3.63, 3.8) is 0 Å². The highest BCUT2D eigenvalue weighted by Crippen LogP contribution is 2.36. The van der Waals surface area contributed by atoms with Gasteiger partial charge >= 0.3 is 0 Å². The Kier molecular flexibility index (Phi) is 4.81. The van der Waals surface area contributed by atoms with Gasteiger partial charge in [0.2, 0.25) is 5.89 Å². The van der Waals surface area contributed by atoms with Crippen molar-refractivity contribution in [1.82, 2.24) is 15.4 Å². The highest BCUT2D eigenvalue weighted by molar-refractivity contribution is 7.99. The van der Waals surface area contributed by atoms with Crippen molar-refractivity contribution in [1.29, 1.82) is 0 Å². The monoisotopic (exact) mass is 404 g/mol. The zero-order valence-electron chi connectivity index (χ0n) is 16.0. The van der Waals surface area contributed by atoms with Gasteiger partial charge in [0, 0.05) is 17.0 Å². The molecule has 1 aliphatic rings. The summed E-state index contributed by atoms with van der Waals surface area (Å²) in [5.74, 6) is 2.80. The number of aromatic nitrogens is 3. The molecular formula is C22H20N4O2S. The average molecular weight is 404 g/mol. The summed E-state index contributed by atoms with van der Waals surface area (Å²) < 4.78 is 11.5. The van der Waals surface area contributed by atoms with E-state index in [9.17, 15) is 0 Å². The minimum atomic E-state index is 0.440. The zero-order chi connectivity index (χ0) is 19.6. The van der Waals surface area contributed by atoms with Crippen LogP contribution in [0.2, 0.25) is 0 Å². The molecule has 0 fully saturated rings. The Bertz CT molecular complexity index is 1120. The molecule has 1 aliphatic heterocycles. The number of anilines is 1. The van der Waals surface area contributed by atoms with Gasteiger partial charge in [-0.1, -0.05) is 47.6 Å². The molecule has 146 valence electrons. The molecule has 3 heterocycles. The van der Waals surface area contributed by atoms with Gasteiger partial charge in [-0.05, 0) is 31.2 Å². The highest BCUT2D eigenvalue weighted by Gasteiger charge is 2.23. The number of benzene rings is 2. The van der Waals surface area contributed by atoms with E-state index in [4.69, 9.17) is 8.94 Å². The summed E-state index contributed by atoms with van der Waals surface area (Å²) in [5, 5.41) is 12.8. The molecule has 0 saturated heterocycles. The molecule has 5 rings (SSSR count). The van der Waals surface area contributed by atoms with Crippen LogP contribution >= 0.6 is 11.8 Å². The van der Waals surface area contributed by atoms with Gasteiger partial charge in [0.25, 0.3) is 5.89 Å². The molecular weight excluding hydrogens is 384 g/mol. The van der Waals surface area contributed by atoms with E-state index in [0.29, 0.717) is 24.1 Å². The van der Waals surface area contributed by atoms with Gasteiger partial charge in [0.15, 0.2) is 0 Å². The second kappa shape index (κ2) is 7.75. The van der Waals surface area contributed by atoms with Crippen LogP contribution in [0.3, 0.4) is 0 Å². The Hall–Kier alpha value is -3.06. The normalized spacial score (nSPS) is 13.9. The Labute approximate surface area is 172 Å². The van der Waals surface area contributed by atoms with Gasteiger partial charge in [0.05, 0.1) is 12.2 Å². The molecule has 0 amide bonds. The highest BCUT2D eigenvalue weighted by atomic mass is 32.2. The third-order valence-corrected chi connectivity index (χ3v) is 6.10. The van der Waals surface area contributed by atoms with E-state index in [0.717, 1.165) is 35.5 Å². The van der Waals surface area contributed by atoms with E-state index in [2.05, 4.69) is 44.5 Å². The topological polar surface area (TPSA) is 68.2 Å². The maximum atomic E-state index is 6.06. The van der Waals surface area contributed by atoms with E-state index in [-0.39, 0.29) is 0 Å². The van der Waals surface area contributed by atoms with Crippen molar-refractivity contribution >= 4 is 17.4 Å². The third-order valence-electron chi connectivity index (χ3n) is 4.95. The standard InChI is InChI=1S/C22H20N4O2S/c1-15-20(21(25-28-15)16-8-3-2-4-9-16)22-24-23-19(27-22)14-26-12-7-13-29-18-11-6-5-10-17(18)26/h2-6,8-11H,7,12-14H2,1H3. The summed E-state index contributed by atoms with van der Waals surface area (Å²) in [6.07, 6.45) is 1.11. The van der Waals surface area contributed by atoms with Gasteiger partial charge in [-0.15, -0.1) is 22.0 Å². The van der Waals surface area contributed by atoms with Gasteiger partial charge in [-0.3, -0.25) is 0 Å². The molecule has 6 nitrogen and oxygen atoms in total. The minimum absolute atomic E-state index is 0.440.